The molecule has 0 aliphatic heterocycles. The van der Waals surface area contributed by atoms with Crippen LogP contribution >= 0.6 is 11.6 Å². The number of benzene rings is 1. The molecule has 3 aromatic rings. The smallest absolute Gasteiger partial charge is 0.129 e. The zero-order valence-corrected chi connectivity index (χ0v) is 12.6. The van der Waals surface area contributed by atoms with E-state index >= 15 is 0 Å². The minimum Gasteiger partial charge on any atom is -0.383 e. The number of halogens is 1. The van der Waals surface area contributed by atoms with Gasteiger partial charge in [-0.1, -0.05) is 29.8 Å². The Morgan fingerprint density at radius 3 is 2.67 bits per heavy atom. The van der Waals surface area contributed by atoms with Crippen molar-refractivity contribution < 1.29 is 0 Å². The topological polar surface area (TPSA) is 56.7 Å². The summed E-state index contributed by atoms with van der Waals surface area (Å²) in [5.41, 5.74) is 10.7. The molecule has 21 heavy (non-hydrogen) atoms. The number of hydrogen-bond donors (Lipinski definition) is 1. The lowest BCUT2D eigenvalue weighted by Gasteiger charge is -2.06. The van der Waals surface area contributed by atoms with Gasteiger partial charge in [-0.2, -0.15) is 5.10 Å². The van der Waals surface area contributed by atoms with Crippen LogP contribution in [0.25, 0.3) is 22.4 Å². The standard InChI is InChI=1S/C16H15ClN4/c1-10-9-11(7-8-19-10)15-14(16(18)21(2)20-15)12-5-3-4-6-13(12)17/h3-9H,18H2,1-2H3. The van der Waals surface area contributed by atoms with Gasteiger partial charge in [-0.05, 0) is 25.1 Å². The van der Waals surface area contributed by atoms with Gasteiger partial charge in [0.25, 0.3) is 0 Å². The van der Waals surface area contributed by atoms with Gasteiger partial charge >= 0.3 is 0 Å². The Bertz CT molecular complexity index is 808. The number of anilines is 1. The summed E-state index contributed by atoms with van der Waals surface area (Å²) in [7, 11) is 1.83. The van der Waals surface area contributed by atoms with E-state index in [1.807, 2.05) is 50.4 Å². The fourth-order valence-electron chi connectivity index (χ4n) is 2.36. The molecule has 2 aromatic heterocycles. The van der Waals surface area contributed by atoms with Crippen LogP contribution in [0.3, 0.4) is 0 Å². The van der Waals surface area contributed by atoms with Crippen molar-refractivity contribution in [3.63, 3.8) is 0 Å². The molecular formula is C16H15ClN4. The lowest BCUT2D eigenvalue weighted by Crippen LogP contribution is -1.98. The lowest BCUT2D eigenvalue weighted by molar-refractivity contribution is 0.782. The van der Waals surface area contributed by atoms with E-state index in [4.69, 9.17) is 17.3 Å². The first kappa shape index (κ1) is 13.6. The number of aromatic nitrogens is 3. The second kappa shape index (κ2) is 5.22. The number of nitrogen functional groups attached to an aromatic ring is 1. The van der Waals surface area contributed by atoms with Gasteiger partial charge in [-0.3, -0.25) is 9.67 Å². The molecule has 2 heterocycles. The summed E-state index contributed by atoms with van der Waals surface area (Å²) in [6.45, 7) is 1.95. The third kappa shape index (κ3) is 2.38. The lowest BCUT2D eigenvalue weighted by atomic mass is 10.0. The number of pyridine rings is 1. The second-order valence-corrected chi connectivity index (χ2v) is 5.31. The molecule has 4 nitrogen and oxygen atoms in total. The van der Waals surface area contributed by atoms with Gasteiger partial charge in [0.1, 0.15) is 11.5 Å². The molecule has 0 aliphatic rings. The largest absolute Gasteiger partial charge is 0.383 e. The molecule has 1 aromatic carbocycles. The van der Waals surface area contributed by atoms with Crippen LogP contribution in [-0.2, 0) is 7.05 Å². The Balaban J connectivity index is 2.29. The molecule has 3 rings (SSSR count). The van der Waals surface area contributed by atoms with Crippen LogP contribution < -0.4 is 5.73 Å². The molecule has 0 spiro atoms. The Morgan fingerprint density at radius 2 is 1.95 bits per heavy atom. The summed E-state index contributed by atoms with van der Waals surface area (Å²) < 4.78 is 1.67. The van der Waals surface area contributed by atoms with Crippen LogP contribution in [-0.4, -0.2) is 14.8 Å². The fraction of sp³-hybridized carbons (Fsp3) is 0.125. The van der Waals surface area contributed by atoms with Crippen LogP contribution in [0, 0.1) is 6.92 Å². The molecule has 0 aliphatic carbocycles. The highest BCUT2D eigenvalue weighted by atomic mass is 35.5. The molecule has 106 valence electrons. The van der Waals surface area contributed by atoms with E-state index in [1.54, 1.807) is 10.9 Å². The number of aryl methyl sites for hydroxylation is 2. The van der Waals surface area contributed by atoms with Gasteiger partial charge in [0.05, 0.1) is 5.56 Å². The molecule has 0 fully saturated rings. The maximum absolute atomic E-state index is 6.33. The highest BCUT2D eigenvalue weighted by molar-refractivity contribution is 6.33. The minimum absolute atomic E-state index is 0.590. The first-order valence-electron chi connectivity index (χ1n) is 6.58. The monoisotopic (exact) mass is 298 g/mol. The summed E-state index contributed by atoms with van der Waals surface area (Å²) in [6, 6.07) is 11.6. The van der Waals surface area contributed by atoms with Crippen LogP contribution in [0.1, 0.15) is 5.69 Å². The zero-order chi connectivity index (χ0) is 15.0. The molecule has 0 amide bonds. The van der Waals surface area contributed by atoms with Gasteiger partial charge in [0, 0.05) is 35.1 Å². The summed E-state index contributed by atoms with van der Waals surface area (Å²) in [5.74, 6) is 0.590. The minimum atomic E-state index is 0.590. The van der Waals surface area contributed by atoms with E-state index in [0.717, 1.165) is 28.1 Å². The van der Waals surface area contributed by atoms with E-state index in [-0.39, 0.29) is 0 Å². The Morgan fingerprint density at radius 1 is 1.19 bits per heavy atom. The molecule has 2 N–H and O–H groups in total. The molecule has 0 saturated carbocycles. The van der Waals surface area contributed by atoms with E-state index in [1.165, 1.54) is 0 Å². The third-order valence-corrected chi connectivity index (χ3v) is 3.73. The SMILES string of the molecule is Cc1cc(-c2nn(C)c(N)c2-c2ccccc2Cl)ccn1. The highest BCUT2D eigenvalue weighted by Gasteiger charge is 2.19. The number of nitrogens with zero attached hydrogens (tertiary/aromatic N) is 3. The molecule has 0 saturated heterocycles. The molecular weight excluding hydrogens is 284 g/mol. The number of rotatable bonds is 2. The van der Waals surface area contributed by atoms with E-state index in [9.17, 15) is 0 Å². The van der Waals surface area contributed by atoms with Crippen molar-refractivity contribution in [2.24, 2.45) is 7.05 Å². The highest BCUT2D eigenvalue weighted by Crippen LogP contribution is 2.39. The van der Waals surface area contributed by atoms with Crippen molar-refractivity contribution >= 4 is 17.4 Å². The van der Waals surface area contributed by atoms with E-state index in [2.05, 4.69) is 10.1 Å². The first-order chi connectivity index (χ1) is 10.1. The van der Waals surface area contributed by atoms with Gasteiger partial charge in [-0.15, -0.1) is 0 Å². The van der Waals surface area contributed by atoms with Gasteiger partial charge in [0.15, 0.2) is 0 Å². The molecule has 0 unspecified atom stereocenters. The summed E-state index contributed by atoms with van der Waals surface area (Å²) in [5, 5.41) is 5.20. The van der Waals surface area contributed by atoms with Crippen molar-refractivity contribution in [1.82, 2.24) is 14.8 Å². The predicted octanol–water partition coefficient (Wildman–Crippen LogP) is 3.69. The summed E-state index contributed by atoms with van der Waals surface area (Å²) in [4.78, 5) is 4.22. The maximum atomic E-state index is 6.33. The van der Waals surface area contributed by atoms with Gasteiger partial charge < -0.3 is 5.73 Å². The number of hydrogen-bond acceptors (Lipinski definition) is 3. The average Bonchev–Trinajstić information content (AvgIpc) is 2.76. The van der Waals surface area contributed by atoms with Crippen LogP contribution in [0.5, 0.6) is 0 Å². The van der Waals surface area contributed by atoms with Crippen molar-refractivity contribution in [2.75, 3.05) is 5.73 Å². The Labute approximate surface area is 128 Å². The van der Waals surface area contributed by atoms with Crippen molar-refractivity contribution in [1.29, 1.82) is 0 Å². The zero-order valence-electron chi connectivity index (χ0n) is 11.8. The van der Waals surface area contributed by atoms with Gasteiger partial charge in [0.2, 0.25) is 0 Å². The number of nitrogens with two attached hydrogens (primary N) is 1. The predicted molar refractivity (Wildman–Crippen MR) is 86.0 cm³/mol. The van der Waals surface area contributed by atoms with E-state index < -0.39 is 0 Å². The Hall–Kier alpha value is -2.33. The normalized spacial score (nSPS) is 10.8. The van der Waals surface area contributed by atoms with Crippen molar-refractivity contribution in [3.05, 3.63) is 53.3 Å². The molecule has 5 heteroatoms. The van der Waals surface area contributed by atoms with Crippen molar-refractivity contribution in [2.45, 2.75) is 6.92 Å². The fourth-order valence-corrected chi connectivity index (χ4v) is 2.59. The summed E-state index contributed by atoms with van der Waals surface area (Å²) >= 11 is 6.33. The Kier molecular flexibility index (Phi) is 3.39. The molecule has 0 radical (unpaired) electrons. The van der Waals surface area contributed by atoms with Crippen LogP contribution in [0.2, 0.25) is 5.02 Å². The quantitative estimate of drug-likeness (QED) is 0.785. The van der Waals surface area contributed by atoms with Crippen LogP contribution in [0.4, 0.5) is 5.82 Å². The third-order valence-electron chi connectivity index (χ3n) is 3.40. The summed E-state index contributed by atoms with van der Waals surface area (Å²) in [6.07, 6.45) is 1.77. The second-order valence-electron chi connectivity index (χ2n) is 4.90. The van der Waals surface area contributed by atoms with Gasteiger partial charge in [-0.25, -0.2) is 0 Å². The maximum Gasteiger partial charge on any atom is 0.129 e. The average molecular weight is 299 g/mol. The van der Waals surface area contributed by atoms with Crippen molar-refractivity contribution in [3.8, 4) is 22.4 Å². The van der Waals surface area contributed by atoms with E-state index in [0.29, 0.717) is 10.8 Å². The van der Waals surface area contributed by atoms with Crippen LogP contribution in [0.15, 0.2) is 42.6 Å². The first-order valence-corrected chi connectivity index (χ1v) is 6.96. The molecule has 0 bridgehead atoms. The molecule has 0 atom stereocenters.